The van der Waals surface area contributed by atoms with E-state index >= 15 is 0 Å². The SMILES string of the molecule is Oc1ccc(-c2[nH]ncc2CN2C[C@@H]3CCCN3C[C@H]2Cc2ccccc2)cc1. The first-order valence-electron chi connectivity index (χ1n) is 10.6. The third-order valence-corrected chi connectivity index (χ3v) is 6.47. The van der Waals surface area contributed by atoms with Crippen LogP contribution in [-0.4, -0.2) is 56.8 Å². The van der Waals surface area contributed by atoms with Crippen LogP contribution in [0.5, 0.6) is 5.75 Å². The van der Waals surface area contributed by atoms with Gasteiger partial charge in [-0.3, -0.25) is 14.9 Å². The molecule has 0 unspecified atom stereocenters. The van der Waals surface area contributed by atoms with Gasteiger partial charge >= 0.3 is 0 Å². The van der Waals surface area contributed by atoms with E-state index in [1.807, 2.05) is 18.3 Å². The van der Waals surface area contributed by atoms with Gasteiger partial charge in [0, 0.05) is 42.8 Å². The van der Waals surface area contributed by atoms with Crippen LogP contribution in [0.25, 0.3) is 11.3 Å². The van der Waals surface area contributed by atoms with Crippen molar-refractivity contribution in [2.45, 2.75) is 37.9 Å². The summed E-state index contributed by atoms with van der Waals surface area (Å²) >= 11 is 0. The molecule has 2 fully saturated rings. The van der Waals surface area contributed by atoms with Gasteiger partial charge in [-0.2, -0.15) is 5.10 Å². The fourth-order valence-corrected chi connectivity index (χ4v) is 4.95. The number of H-pyrrole nitrogens is 1. The number of nitrogens with one attached hydrogen (secondary N) is 1. The molecule has 0 saturated carbocycles. The average molecular weight is 389 g/mol. The van der Waals surface area contributed by atoms with E-state index in [1.165, 1.54) is 30.5 Å². The van der Waals surface area contributed by atoms with Crippen LogP contribution in [0.4, 0.5) is 0 Å². The van der Waals surface area contributed by atoms with E-state index < -0.39 is 0 Å². The van der Waals surface area contributed by atoms with Gasteiger partial charge in [-0.1, -0.05) is 30.3 Å². The van der Waals surface area contributed by atoms with Crippen molar-refractivity contribution in [3.05, 3.63) is 71.9 Å². The van der Waals surface area contributed by atoms with Gasteiger partial charge in [0.2, 0.25) is 0 Å². The molecule has 29 heavy (non-hydrogen) atoms. The molecule has 150 valence electrons. The van der Waals surface area contributed by atoms with Crippen molar-refractivity contribution >= 4 is 0 Å². The van der Waals surface area contributed by atoms with Crippen LogP contribution >= 0.6 is 0 Å². The molecule has 2 aromatic carbocycles. The Kier molecular flexibility index (Phi) is 5.08. The van der Waals surface area contributed by atoms with Gasteiger partial charge in [-0.15, -0.1) is 0 Å². The Morgan fingerprint density at radius 2 is 1.86 bits per heavy atom. The average Bonchev–Trinajstić information content (AvgIpc) is 3.39. The Hall–Kier alpha value is -2.63. The van der Waals surface area contributed by atoms with Crippen molar-refractivity contribution in [3.63, 3.8) is 0 Å². The van der Waals surface area contributed by atoms with Crippen molar-refractivity contribution in [2.24, 2.45) is 0 Å². The molecular formula is C24H28N4O. The smallest absolute Gasteiger partial charge is 0.115 e. The molecule has 2 atom stereocenters. The van der Waals surface area contributed by atoms with Crippen LogP contribution in [0.15, 0.2) is 60.8 Å². The molecule has 2 aliphatic rings. The standard InChI is InChI=1S/C24H28N4O/c29-23-10-8-19(9-11-23)24-20(14-25-26-24)15-28-16-21-7-4-12-27(21)17-22(28)13-18-5-2-1-3-6-18/h1-3,5-6,8-11,14,21-22,29H,4,7,12-13,15-17H2,(H,25,26)/t21-,22+/m0/s1. The molecule has 0 bridgehead atoms. The summed E-state index contributed by atoms with van der Waals surface area (Å²) in [6, 6.07) is 19.4. The lowest BCUT2D eigenvalue weighted by molar-refractivity contribution is 0.0457. The van der Waals surface area contributed by atoms with E-state index in [0.29, 0.717) is 12.1 Å². The molecule has 2 saturated heterocycles. The van der Waals surface area contributed by atoms with E-state index in [4.69, 9.17) is 0 Å². The van der Waals surface area contributed by atoms with Gasteiger partial charge in [0.05, 0.1) is 11.9 Å². The summed E-state index contributed by atoms with van der Waals surface area (Å²) in [6.45, 7) is 4.41. The third-order valence-electron chi connectivity index (χ3n) is 6.47. The number of aromatic amines is 1. The van der Waals surface area contributed by atoms with Crippen molar-refractivity contribution in [2.75, 3.05) is 19.6 Å². The molecule has 1 aromatic heterocycles. The van der Waals surface area contributed by atoms with Gasteiger partial charge in [0.15, 0.2) is 0 Å². The number of piperazine rings is 1. The first-order chi connectivity index (χ1) is 14.3. The largest absolute Gasteiger partial charge is 0.508 e. The van der Waals surface area contributed by atoms with Gasteiger partial charge in [-0.25, -0.2) is 0 Å². The number of aromatic nitrogens is 2. The first-order valence-corrected chi connectivity index (χ1v) is 10.6. The molecule has 0 spiro atoms. The molecule has 2 aliphatic heterocycles. The number of nitrogens with zero attached hydrogens (tertiary/aromatic N) is 3. The first kappa shape index (κ1) is 18.4. The lowest BCUT2D eigenvalue weighted by atomic mass is 9.98. The maximum atomic E-state index is 9.61. The van der Waals surface area contributed by atoms with Gasteiger partial charge in [0.25, 0.3) is 0 Å². The second-order valence-electron chi connectivity index (χ2n) is 8.38. The fraction of sp³-hybridized carbons (Fsp3) is 0.375. The molecule has 5 rings (SSSR count). The Morgan fingerprint density at radius 3 is 2.69 bits per heavy atom. The van der Waals surface area contributed by atoms with Gasteiger partial charge in [0.1, 0.15) is 5.75 Å². The fourth-order valence-electron chi connectivity index (χ4n) is 4.95. The molecular weight excluding hydrogens is 360 g/mol. The maximum absolute atomic E-state index is 9.61. The van der Waals surface area contributed by atoms with Crippen molar-refractivity contribution in [1.29, 1.82) is 0 Å². The van der Waals surface area contributed by atoms with Crippen molar-refractivity contribution in [1.82, 2.24) is 20.0 Å². The van der Waals surface area contributed by atoms with Crippen LogP contribution in [0.2, 0.25) is 0 Å². The topological polar surface area (TPSA) is 55.4 Å². The molecule has 5 heteroatoms. The summed E-state index contributed by atoms with van der Waals surface area (Å²) in [5, 5.41) is 17.1. The highest BCUT2D eigenvalue weighted by atomic mass is 16.3. The summed E-state index contributed by atoms with van der Waals surface area (Å²) in [5.41, 5.74) is 4.75. The number of rotatable bonds is 5. The summed E-state index contributed by atoms with van der Waals surface area (Å²) in [4.78, 5) is 5.36. The Balaban J connectivity index is 1.39. The van der Waals surface area contributed by atoms with E-state index in [0.717, 1.165) is 37.3 Å². The Morgan fingerprint density at radius 1 is 1.03 bits per heavy atom. The van der Waals surface area contributed by atoms with Gasteiger partial charge < -0.3 is 5.11 Å². The van der Waals surface area contributed by atoms with Crippen LogP contribution in [0, 0.1) is 0 Å². The number of fused-ring (bicyclic) bond motifs is 1. The monoisotopic (exact) mass is 388 g/mol. The van der Waals surface area contributed by atoms with Crippen LogP contribution in [0.1, 0.15) is 24.0 Å². The molecule has 0 radical (unpaired) electrons. The van der Waals surface area contributed by atoms with Crippen LogP contribution in [0.3, 0.4) is 0 Å². The maximum Gasteiger partial charge on any atom is 0.115 e. The van der Waals surface area contributed by atoms with E-state index in [-0.39, 0.29) is 5.75 Å². The minimum absolute atomic E-state index is 0.287. The molecule has 3 heterocycles. The van der Waals surface area contributed by atoms with E-state index in [1.54, 1.807) is 12.1 Å². The van der Waals surface area contributed by atoms with Gasteiger partial charge in [-0.05, 0) is 55.6 Å². The highest BCUT2D eigenvalue weighted by Gasteiger charge is 2.36. The minimum Gasteiger partial charge on any atom is -0.508 e. The van der Waals surface area contributed by atoms with E-state index in [9.17, 15) is 5.11 Å². The minimum atomic E-state index is 0.287. The zero-order valence-electron chi connectivity index (χ0n) is 16.7. The number of phenols is 1. The summed E-state index contributed by atoms with van der Waals surface area (Å²) < 4.78 is 0. The Bertz CT molecular complexity index is 937. The molecule has 5 nitrogen and oxygen atoms in total. The third kappa shape index (κ3) is 3.93. The zero-order chi connectivity index (χ0) is 19.6. The number of aromatic hydroxyl groups is 1. The lowest BCUT2D eigenvalue weighted by Crippen LogP contribution is -2.56. The van der Waals surface area contributed by atoms with E-state index in [2.05, 4.69) is 50.3 Å². The molecule has 2 N–H and O–H groups in total. The second kappa shape index (κ2) is 8.01. The zero-order valence-corrected chi connectivity index (χ0v) is 16.7. The predicted molar refractivity (Wildman–Crippen MR) is 115 cm³/mol. The molecule has 0 aliphatic carbocycles. The number of hydrogen-bond donors (Lipinski definition) is 2. The highest BCUT2D eigenvalue weighted by molar-refractivity contribution is 5.63. The lowest BCUT2D eigenvalue weighted by Gasteiger charge is -2.44. The second-order valence-corrected chi connectivity index (χ2v) is 8.38. The van der Waals surface area contributed by atoms with Crippen molar-refractivity contribution in [3.8, 4) is 17.0 Å². The quantitative estimate of drug-likeness (QED) is 0.700. The molecule has 3 aromatic rings. The van der Waals surface area contributed by atoms with Crippen LogP contribution < -0.4 is 0 Å². The summed E-state index contributed by atoms with van der Waals surface area (Å²) in [5.74, 6) is 0.287. The molecule has 0 amide bonds. The predicted octanol–water partition coefficient (Wildman–Crippen LogP) is 3.67. The normalized spacial score (nSPS) is 22.6. The van der Waals surface area contributed by atoms with Crippen LogP contribution in [-0.2, 0) is 13.0 Å². The number of phenolic OH excluding ortho intramolecular Hbond substituents is 1. The summed E-state index contributed by atoms with van der Waals surface area (Å²) in [6.07, 6.45) is 5.67. The Labute approximate surface area is 172 Å². The number of hydrogen-bond acceptors (Lipinski definition) is 4. The number of benzene rings is 2. The highest BCUT2D eigenvalue weighted by Crippen LogP contribution is 2.30. The summed E-state index contributed by atoms with van der Waals surface area (Å²) in [7, 11) is 0. The van der Waals surface area contributed by atoms with Crippen molar-refractivity contribution < 1.29 is 5.11 Å².